The van der Waals surface area contributed by atoms with Crippen LogP contribution >= 0.6 is 0 Å². The Labute approximate surface area is 105 Å². The molecule has 0 unspecified atom stereocenters. The average molecular weight is 246 g/mol. The van der Waals surface area contributed by atoms with E-state index in [1.807, 2.05) is 24.3 Å². The highest BCUT2D eigenvalue weighted by atomic mass is 16.5. The van der Waals surface area contributed by atoms with Crippen LogP contribution in [0.5, 0.6) is 0 Å². The van der Waals surface area contributed by atoms with Crippen LogP contribution in [0.4, 0.5) is 0 Å². The van der Waals surface area contributed by atoms with E-state index in [9.17, 15) is 4.79 Å². The van der Waals surface area contributed by atoms with Crippen LogP contribution in [0, 0.1) is 0 Å². The highest BCUT2D eigenvalue weighted by molar-refractivity contribution is 5.87. The fourth-order valence-electron chi connectivity index (χ4n) is 1.55. The summed E-state index contributed by atoms with van der Waals surface area (Å²) in [6.45, 7) is 2.09. The van der Waals surface area contributed by atoms with E-state index in [2.05, 4.69) is 4.98 Å². The number of imidazole rings is 1. The van der Waals surface area contributed by atoms with Crippen LogP contribution in [0.3, 0.4) is 0 Å². The molecule has 1 aromatic carbocycles. The maximum absolute atomic E-state index is 11.5. The van der Waals surface area contributed by atoms with Crippen molar-refractivity contribution in [2.75, 3.05) is 6.61 Å². The molecule has 0 aliphatic rings. The van der Waals surface area contributed by atoms with Crippen LogP contribution in [0.2, 0.25) is 0 Å². The quantitative estimate of drug-likeness (QED) is 0.831. The van der Waals surface area contributed by atoms with Gasteiger partial charge in [0.05, 0.1) is 13.2 Å². The van der Waals surface area contributed by atoms with Crippen molar-refractivity contribution in [2.45, 2.75) is 13.5 Å². The van der Waals surface area contributed by atoms with Crippen LogP contribution in [-0.4, -0.2) is 27.2 Å². The van der Waals surface area contributed by atoms with Gasteiger partial charge in [-0.1, -0.05) is 12.1 Å². The largest absolute Gasteiger partial charge is 0.461 e. The fraction of sp³-hybridized carbons (Fsp3) is 0.231. The first kappa shape index (κ1) is 12.3. The summed E-state index contributed by atoms with van der Waals surface area (Å²) in [5, 5.41) is 8.95. The summed E-state index contributed by atoms with van der Waals surface area (Å²) in [6.07, 6.45) is 3.17. The summed E-state index contributed by atoms with van der Waals surface area (Å²) in [6, 6.07) is 7.34. The molecule has 2 aromatic rings. The molecule has 2 rings (SSSR count). The van der Waals surface area contributed by atoms with Gasteiger partial charge in [0.1, 0.15) is 6.33 Å². The lowest BCUT2D eigenvalue weighted by Gasteiger charge is -2.02. The second-order valence-corrected chi connectivity index (χ2v) is 3.71. The smallest absolute Gasteiger partial charge is 0.358 e. The van der Waals surface area contributed by atoms with Crippen LogP contribution in [0.15, 0.2) is 36.8 Å². The summed E-state index contributed by atoms with van der Waals surface area (Å²) >= 11 is 0. The van der Waals surface area contributed by atoms with E-state index in [1.54, 1.807) is 24.0 Å². The summed E-state index contributed by atoms with van der Waals surface area (Å²) in [4.78, 5) is 15.5. The molecule has 0 amide bonds. The lowest BCUT2D eigenvalue weighted by molar-refractivity contribution is 0.0520. The highest BCUT2D eigenvalue weighted by Crippen LogP contribution is 2.11. The van der Waals surface area contributed by atoms with Crippen molar-refractivity contribution in [3.63, 3.8) is 0 Å². The van der Waals surface area contributed by atoms with Gasteiger partial charge in [0.2, 0.25) is 0 Å². The first-order valence-electron chi connectivity index (χ1n) is 5.66. The minimum atomic E-state index is -0.428. The zero-order chi connectivity index (χ0) is 13.0. The van der Waals surface area contributed by atoms with Gasteiger partial charge in [-0.3, -0.25) is 0 Å². The van der Waals surface area contributed by atoms with Crippen molar-refractivity contribution >= 4 is 5.97 Å². The number of aliphatic hydroxyl groups excluding tert-OH is 1. The van der Waals surface area contributed by atoms with Crippen molar-refractivity contribution in [3.05, 3.63) is 48.0 Å². The molecule has 0 fully saturated rings. The molecule has 94 valence electrons. The minimum Gasteiger partial charge on any atom is -0.461 e. The van der Waals surface area contributed by atoms with E-state index in [-0.39, 0.29) is 12.3 Å². The first-order valence-corrected chi connectivity index (χ1v) is 5.66. The number of aromatic nitrogens is 2. The van der Waals surface area contributed by atoms with Crippen LogP contribution in [0.25, 0.3) is 5.69 Å². The van der Waals surface area contributed by atoms with Gasteiger partial charge in [-0.25, -0.2) is 9.78 Å². The van der Waals surface area contributed by atoms with Crippen molar-refractivity contribution in [3.8, 4) is 5.69 Å². The maximum Gasteiger partial charge on any atom is 0.358 e. The topological polar surface area (TPSA) is 64.3 Å². The van der Waals surface area contributed by atoms with E-state index >= 15 is 0 Å². The highest BCUT2D eigenvalue weighted by Gasteiger charge is 2.10. The fourth-order valence-corrected chi connectivity index (χ4v) is 1.55. The van der Waals surface area contributed by atoms with Gasteiger partial charge in [-0.15, -0.1) is 0 Å². The first-order chi connectivity index (χ1) is 8.74. The summed E-state index contributed by atoms with van der Waals surface area (Å²) in [5.74, 6) is -0.428. The van der Waals surface area contributed by atoms with Gasteiger partial charge < -0.3 is 14.4 Å². The van der Waals surface area contributed by atoms with Gasteiger partial charge in [0, 0.05) is 11.9 Å². The number of benzene rings is 1. The molecule has 0 aliphatic carbocycles. The SMILES string of the molecule is CCOC(=O)c1cn(-c2ccc(CO)cc2)cn1. The number of ether oxygens (including phenoxy) is 1. The maximum atomic E-state index is 11.5. The Morgan fingerprint density at radius 2 is 2.11 bits per heavy atom. The molecule has 0 saturated carbocycles. The summed E-state index contributed by atoms with van der Waals surface area (Å²) < 4.78 is 6.60. The number of esters is 1. The van der Waals surface area contributed by atoms with E-state index in [0.29, 0.717) is 6.61 Å². The number of rotatable bonds is 4. The third-order valence-electron chi connectivity index (χ3n) is 2.48. The van der Waals surface area contributed by atoms with E-state index in [0.717, 1.165) is 11.3 Å². The predicted molar refractivity (Wildman–Crippen MR) is 65.4 cm³/mol. The second kappa shape index (κ2) is 5.46. The number of carbonyl (C=O) groups excluding carboxylic acids is 1. The molecule has 0 atom stereocenters. The normalized spacial score (nSPS) is 10.3. The van der Waals surface area contributed by atoms with Crippen LogP contribution in [0.1, 0.15) is 23.0 Å². The molecule has 5 heteroatoms. The molecule has 1 N–H and O–H groups in total. The Kier molecular flexibility index (Phi) is 3.74. The van der Waals surface area contributed by atoms with E-state index in [4.69, 9.17) is 9.84 Å². The van der Waals surface area contributed by atoms with Crippen molar-refractivity contribution in [2.24, 2.45) is 0 Å². The lowest BCUT2D eigenvalue weighted by Crippen LogP contribution is -2.04. The Morgan fingerprint density at radius 3 is 2.72 bits per heavy atom. The molecule has 1 aromatic heterocycles. The Morgan fingerprint density at radius 1 is 1.39 bits per heavy atom. The van der Waals surface area contributed by atoms with E-state index < -0.39 is 5.97 Å². The number of hydrogen-bond donors (Lipinski definition) is 1. The third-order valence-corrected chi connectivity index (χ3v) is 2.48. The van der Waals surface area contributed by atoms with E-state index in [1.165, 1.54) is 0 Å². The summed E-state index contributed by atoms with van der Waals surface area (Å²) in [7, 11) is 0. The molecular formula is C13H14N2O3. The Bertz CT molecular complexity index is 531. The molecule has 0 aliphatic heterocycles. The molecular weight excluding hydrogens is 232 g/mol. The zero-order valence-corrected chi connectivity index (χ0v) is 10.0. The summed E-state index contributed by atoms with van der Waals surface area (Å²) in [5.41, 5.74) is 1.99. The Hall–Kier alpha value is -2.14. The number of aliphatic hydroxyl groups is 1. The number of nitrogens with zero attached hydrogens (tertiary/aromatic N) is 2. The predicted octanol–water partition coefficient (Wildman–Crippen LogP) is 1.54. The molecule has 5 nitrogen and oxygen atoms in total. The lowest BCUT2D eigenvalue weighted by atomic mass is 10.2. The monoisotopic (exact) mass is 246 g/mol. The molecule has 18 heavy (non-hydrogen) atoms. The molecule has 1 heterocycles. The van der Waals surface area contributed by atoms with Crippen LogP contribution < -0.4 is 0 Å². The molecule has 0 saturated heterocycles. The van der Waals surface area contributed by atoms with Gasteiger partial charge in [0.15, 0.2) is 5.69 Å². The van der Waals surface area contributed by atoms with Gasteiger partial charge >= 0.3 is 5.97 Å². The van der Waals surface area contributed by atoms with Crippen LogP contribution in [-0.2, 0) is 11.3 Å². The molecule has 0 bridgehead atoms. The standard InChI is InChI=1S/C13H14N2O3/c1-2-18-13(17)12-7-15(9-14-12)11-5-3-10(8-16)4-6-11/h3-7,9,16H,2,8H2,1H3. The van der Waals surface area contributed by atoms with Gasteiger partial charge in [-0.2, -0.15) is 0 Å². The van der Waals surface area contributed by atoms with Crippen molar-refractivity contribution < 1.29 is 14.6 Å². The second-order valence-electron chi connectivity index (χ2n) is 3.71. The molecule has 0 radical (unpaired) electrons. The van der Waals surface area contributed by atoms with Gasteiger partial charge in [0.25, 0.3) is 0 Å². The molecule has 0 spiro atoms. The minimum absolute atomic E-state index is 0.0122. The number of carbonyl (C=O) groups is 1. The Balaban J connectivity index is 2.20. The van der Waals surface area contributed by atoms with Crippen molar-refractivity contribution in [1.29, 1.82) is 0 Å². The average Bonchev–Trinajstić information content (AvgIpc) is 2.89. The van der Waals surface area contributed by atoms with Gasteiger partial charge in [-0.05, 0) is 24.6 Å². The van der Waals surface area contributed by atoms with Crippen molar-refractivity contribution in [1.82, 2.24) is 9.55 Å². The zero-order valence-electron chi connectivity index (χ0n) is 10.0. The number of hydrogen-bond acceptors (Lipinski definition) is 4. The third kappa shape index (κ3) is 2.57.